The Labute approximate surface area is 108 Å². The molecule has 0 aromatic carbocycles. The first-order chi connectivity index (χ1) is 7.32. The molecular formula is C11H21ClN2O3. The van der Waals surface area contributed by atoms with Gasteiger partial charge in [0.1, 0.15) is 12.1 Å². The first kappa shape index (κ1) is 16.4. The molecule has 1 fully saturated rings. The zero-order valence-corrected chi connectivity index (χ0v) is 11.3. The summed E-state index contributed by atoms with van der Waals surface area (Å²) in [4.78, 5) is 23.1. The molecular weight excluding hydrogens is 244 g/mol. The summed E-state index contributed by atoms with van der Waals surface area (Å²) in [7, 11) is 0. The fourth-order valence-corrected chi connectivity index (χ4v) is 1.47. The molecule has 0 aliphatic carbocycles. The van der Waals surface area contributed by atoms with Gasteiger partial charge in [-0.05, 0) is 24.8 Å². The third kappa shape index (κ3) is 4.61. The van der Waals surface area contributed by atoms with Gasteiger partial charge >= 0.3 is 11.9 Å². The number of halogens is 1. The Balaban J connectivity index is 0.00000256. The Morgan fingerprint density at radius 3 is 2.41 bits per heavy atom. The number of hydrogen-bond donors (Lipinski definition) is 2. The van der Waals surface area contributed by atoms with Crippen LogP contribution in [0.2, 0.25) is 0 Å². The number of rotatable bonds is 2. The second-order valence-corrected chi connectivity index (χ2v) is 5.23. The Morgan fingerprint density at radius 1 is 1.41 bits per heavy atom. The summed E-state index contributed by atoms with van der Waals surface area (Å²) in [6, 6.07) is -1.13. The van der Waals surface area contributed by atoms with E-state index in [2.05, 4.69) is 5.32 Å². The molecule has 3 N–H and O–H groups in total. The quantitative estimate of drug-likeness (QED) is 0.564. The van der Waals surface area contributed by atoms with Crippen molar-refractivity contribution >= 4 is 24.3 Å². The van der Waals surface area contributed by atoms with Gasteiger partial charge in [-0.25, -0.2) is 9.59 Å². The lowest BCUT2D eigenvalue weighted by atomic mass is 9.87. The third-order valence-corrected chi connectivity index (χ3v) is 2.73. The van der Waals surface area contributed by atoms with Gasteiger partial charge in [-0.15, -0.1) is 12.4 Å². The summed E-state index contributed by atoms with van der Waals surface area (Å²) in [6.45, 7) is 6.28. The van der Waals surface area contributed by atoms with Gasteiger partial charge in [-0.2, -0.15) is 0 Å². The van der Waals surface area contributed by atoms with Crippen LogP contribution in [-0.2, 0) is 14.3 Å². The lowest BCUT2D eigenvalue weighted by Crippen LogP contribution is -2.46. The number of hydrogen-bond acceptors (Lipinski definition) is 5. The first-order valence-electron chi connectivity index (χ1n) is 5.57. The van der Waals surface area contributed by atoms with Crippen molar-refractivity contribution in [1.82, 2.24) is 5.32 Å². The fraction of sp³-hybridized carbons (Fsp3) is 0.818. The number of ether oxygens (including phenoxy) is 1. The number of carbonyl (C=O) groups excluding carboxylic acids is 2. The van der Waals surface area contributed by atoms with Gasteiger partial charge in [-0.3, -0.25) is 0 Å². The van der Waals surface area contributed by atoms with Gasteiger partial charge in [0, 0.05) is 0 Å². The van der Waals surface area contributed by atoms with Crippen LogP contribution in [0.3, 0.4) is 0 Å². The van der Waals surface area contributed by atoms with Crippen molar-refractivity contribution in [2.75, 3.05) is 6.54 Å². The van der Waals surface area contributed by atoms with E-state index in [4.69, 9.17) is 10.5 Å². The van der Waals surface area contributed by atoms with Crippen LogP contribution in [0.5, 0.6) is 0 Å². The maximum atomic E-state index is 11.6. The second kappa shape index (κ2) is 6.33. The minimum atomic E-state index is -0.780. The predicted octanol–water partition coefficient (Wildman–Crippen LogP) is 0.603. The van der Waals surface area contributed by atoms with Crippen molar-refractivity contribution in [1.29, 1.82) is 0 Å². The van der Waals surface area contributed by atoms with Crippen LogP contribution in [0.25, 0.3) is 0 Å². The van der Waals surface area contributed by atoms with Crippen molar-refractivity contribution < 1.29 is 14.3 Å². The van der Waals surface area contributed by atoms with E-state index in [9.17, 15) is 9.59 Å². The van der Waals surface area contributed by atoms with Gasteiger partial charge in [0.25, 0.3) is 0 Å². The topological polar surface area (TPSA) is 81.4 Å². The maximum absolute atomic E-state index is 11.6. The zero-order chi connectivity index (χ0) is 12.3. The predicted molar refractivity (Wildman–Crippen MR) is 66.8 cm³/mol. The van der Waals surface area contributed by atoms with Crippen molar-refractivity contribution in [3.63, 3.8) is 0 Å². The molecule has 17 heavy (non-hydrogen) atoms. The van der Waals surface area contributed by atoms with Gasteiger partial charge in [0.05, 0.1) is 0 Å². The van der Waals surface area contributed by atoms with E-state index < -0.39 is 23.4 Å². The van der Waals surface area contributed by atoms with E-state index in [0.29, 0.717) is 0 Å². The Bertz CT molecular complexity index is 283. The van der Waals surface area contributed by atoms with E-state index in [1.54, 1.807) is 0 Å². The SMILES string of the molecule is CC(C)(C)C(N)C(=O)OC(=O)C1CCCN1.Cl. The lowest BCUT2D eigenvalue weighted by Gasteiger charge is -2.24. The Morgan fingerprint density at radius 2 is 2.00 bits per heavy atom. The van der Waals surface area contributed by atoms with Crippen molar-refractivity contribution in [3.05, 3.63) is 0 Å². The molecule has 0 spiro atoms. The standard InChI is InChI=1S/C11H20N2O3.ClH/c1-11(2,3)8(12)10(15)16-9(14)7-5-4-6-13-7;/h7-8,13H,4-6,12H2,1-3H3;1H. The van der Waals surface area contributed by atoms with Crippen LogP contribution < -0.4 is 11.1 Å². The van der Waals surface area contributed by atoms with Crippen LogP contribution in [-0.4, -0.2) is 30.6 Å². The van der Waals surface area contributed by atoms with E-state index >= 15 is 0 Å². The molecule has 0 bridgehead atoms. The monoisotopic (exact) mass is 264 g/mol. The van der Waals surface area contributed by atoms with Crippen LogP contribution in [0, 0.1) is 5.41 Å². The maximum Gasteiger partial charge on any atom is 0.331 e. The van der Waals surface area contributed by atoms with E-state index in [0.717, 1.165) is 19.4 Å². The lowest BCUT2D eigenvalue weighted by molar-refractivity contribution is -0.163. The molecule has 1 aliphatic rings. The Kier molecular flexibility index (Phi) is 6.09. The minimum absolute atomic E-state index is 0. The molecule has 1 aliphatic heterocycles. The number of carbonyl (C=O) groups is 2. The molecule has 0 saturated carbocycles. The highest BCUT2D eigenvalue weighted by molar-refractivity contribution is 5.91. The van der Waals surface area contributed by atoms with Crippen LogP contribution in [0.15, 0.2) is 0 Å². The molecule has 1 rings (SSSR count). The molecule has 1 saturated heterocycles. The highest BCUT2D eigenvalue weighted by atomic mass is 35.5. The summed E-state index contributed by atoms with van der Waals surface area (Å²) < 4.78 is 4.76. The van der Waals surface area contributed by atoms with Crippen LogP contribution in [0.4, 0.5) is 0 Å². The van der Waals surface area contributed by atoms with Crippen LogP contribution in [0.1, 0.15) is 33.6 Å². The number of nitrogens with two attached hydrogens (primary N) is 1. The summed E-state index contributed by atoms with van der Waals surface area (Å²) in [5.41, 5.74) is 5.29. The molecule has 0 radical (unpaired) electrons. The third-order valence-electron chi connectivity index (χ3n) is 2.73. The molecule has 100 valence electrons. The van der Waals surface area contributed by atoms with E-state index in [-0.39, 0.29) is 18.4 Å². The van der Waals surface area contributed by atoms with E-state index in [1.807, 2.05) is 20.8 Å². The van der Waals surface area contributed by atoms with E-state index in [1.165, 1.54) is 0 Å². The molecule has 2 atom stereocenters. The second-order valence-electron chi connectivity index (χ2n) is 5.23. The van der Waals surface area contributed by atoms with Gasteiger partial charge in [0.2, 0.25) is 0 Å². The summed E-state index contributed by atoms with van der Waals surface area (Å²) in [5, 5.41) is 2.97. The minimum Gasteiger partial charge on any atom is -0.391 e. The van der Waals surface area contributed by atoms with Crippen molar-refractivity contribution in [2.45, 2.75) is 45.7 Å². The summed E-state index contributed by atoms with van der Waals surface area (Å²) >= 11 is 0. The molecule has 5 nitrogen and oxygen atoms in total. The van der Waals surface area contributed by atoms with Gasteiger partial charge < -0.3 is 15.8 Å². The van der Waals surface area contributed by atoms with Gasteiger partial charge in [0.15, 0.2) is 0 Å². The zero-order valence-electron chi connectivity index (χ0n) is 10.5. The van der Waals surface area contributed by atoms with Crippen LogP contribution >= 0.6 is 12.4 Å². The van der Waals surface area contributed by atoms with Gasteiger partial charge in [-0.1, -0.05) is 20.8 Å². The number of nitrogens with one attached hydrogen (secondary N) is 1. The fourth-order valence-electron chi connectivity index (χ4n) is 1.47. The first-order valence-corrected chi connectivity index (χ1v) is 5.57. The average molecular weight is 265 g/mol. The summed E-state index contributed by atoms with van der Waals surface area (Å²) in [5.74, 6) is -1.16. The molecule has 6 heteroatoms. The molecule has 2 unspecified atom stereocenters. The smallest absolute Gasteiger partial charge is 0.331 e. The van der Waals surface area contributed by atoms with Crippen molar-refractivity contribution in [3.8, 4) is 0 Å². The number of esters is 2. The molecule has 0 aromatic rings. The van der Waals surface area contributed by atoms with Crippen molar-refractivity contribution in [2.24, 2.45) is 11.1 Å². The average Bonchev–Trinajstić information content (AvgIpc) is 2.67. The molecule has 0 aromatic heterocycles. The normalized spacial score (nSPS) is 21.5. The summed E-state index contributed by atoms with van der Waals surface area (Å²) in [6.07, 6.45) is 1.65. The molecule has 1 heterocycles. The highest BCUT2D eigenvalue weighted by Gasteiger charge is 2.33. The Hall–Kier alpha value is -0.650. The largest absolute Gasteiger partial charge is 0.391 e. The highest BCUT2D eigenvalue weighted by Crippen LogP contribution is 2.18. The molecule has 0 amide bonds.